The van der Waals surface area contributed by atoms with Crippen LogP contribution >= 0.6 is 11.3 Å². The number of ketones is 1. The number of methoxy groups -OCH3 is 1. The van der Waals surface area contributed by atoms with Crippen molar-refractivity contribution in [1.82, 2.24) is 33.6 Å². The van der Waals surface area contributed by atoms with Crippen LogP contribution in [0.15, 0.2) is 33.7 Å². The molecular weight excluding hydrogens is 569 g/mol. The van der Waals surface area contributed by atoms with Gasteiger partial charge >= 0.3 is 5.69 Å². The Hall–Kier alpha value is -4.31. The molecule has 0 aromatic carbocycles. The summed E-state index contributed by atoms with van der Waals surface area (Å²) in [5, 5.41) is 5.02. The van der Waals surface area contributed by atoms with Crippen LogP contribution in [0.4, 0.5) is 16.2 Å². The van der Waals surface area contributed by atoms with Crippen molar-refractivity contribution in [2.75, 3.05) is 37.0 Å². The molecule has 14 nitrogen and oxygen atoms in total. The highest BCUT2D eigenvalue weighted by atomic mass is 32.1. The summed E-state index contributed by atoms with van der Waals surface area (Å²) < 4.78 is 22.3. The number of carbonyl (C=O) groups is 2. The molecule has 6 rings (SSSR count). The van der Waals surface area contributed by atoms with Crippen LogP contribution in [-0.4, -0.2) is 77.8 Å². The molecule has 1 N–H and O–H groups in total. The van der Waals surface area contributed by atoms with Gasteiger partial charge in [-0.25, -0.2) is 29.1 Å². The van der Waals surface area contributed by atoms with E-state index in [4.69, 9.17) is 4.74 Å². The van der Waals surface area contributed by atoms with Crippen LogP contribution < -0.4 is 21.5 Å². The Kier molecular flexibility index (Phi) is 6.76. The predicted octanol–water partition coefficient (Wildman–Crippen LogP) is 1.02. The zero-order chi connectivity index (χ0) is 29.9. The molecule has 42 heavy (non-hydrogen) atoms. The maximum Gasteiger partial charge on any atom is 0.332 e. The summed E-state index contributed by atoms with van der Waals surface area (Å²) >= 11 is 1.30. The molecule has 4 aromatic rings. The minimum Gasteiger partial charge on any atom is -0.377 e. The largest absolute Gasteiger partial charge is 0.377 e. The molecule has 1 aliphatic carbocycles. The summed E-state index contributed by atoms with van der Waals surface area (Å²) in [5.74, 6) is -0.00650. The number of aryl methyl sites for hydroxylation is 1. The van der Waals surface area contributed by atoms with E-state index < -0.39 is 41.2 Å². The third kappa shape index (κ3) is 4.59. The standard InChI is InChI=1S/C26H28FN9O5S/c1-13(36-12-30-20-19(36)23(39)35(25(40)33(20)3)7-15(37)10-41-4)21(38)31-18-11-42-22(32-18)14-5-28-24(29-6-14)34-8-16-17(9-34)26(16,2)27/h5-6,11-13,16-17H,7-10H2,1-4H3,(H,31,38)/t13-,16?,17?,26?/m0/s1. The molecule has 0 radical (unpaired) electrons. The lowest BCUT2D eigenvalue weighted by molar-refractivity contribution is -0.123. The number of carbonyl (C=O) groups excluding carboxylic acids is 2. The van der Waals surface area contributed by atoms with E-state index in [1.54, 1.807) is 31.6 Å². The highest BCUT2D eigenvalue weighted by Gasteiger charge is 2.67. The lowest BCUT2D eigenvalue weighted by Crippen LogP contribution is -2.42. The van der Waals surface area contributed by atoms with Gasteiger partial charge in [-0.3, -0.25) is 23.5 Å². The molecule has 16 heteroatoms. The first-order chi connectivity index (χ1) is 20.0. The van der Waals surface area contributed by atoms with Crippen molar-refractivity contribution >= 4 is 46.0 Å². The van der Waals surface area contributed by atoms with Crippen LogP contribution in [-0.2, 0) is 27.9 Å². The zero-order valence-corrected chi connectivity index (χ0v) is 24.1. The number of nitrogens with one attached hydrogen (secondary N) is 1. The number of imidazole rings is 1. The predicted molar refractivity (Wildman–Crippen MR) is 151 cm³/mol. The van der Waals surface area contributed by atoms with Crippen LogP contribution in [0.25, 0.3) is 21.7 Å². The third-order valence-corrected chi connectivity index (χ3v) is 8.97. The van der Waals surface area contributed by atoms with Crippen molar-refractivity contribution in [3.8, 4) is 10.6 Å². The van der Waals surface area contributed by atoms with Crippen LogP contribution in [0.1, 0.15) is 19.9 Å². The van der Waals surface area contributed by atoms with Crippen molar-refractivity contribution in [1.29, 1.82) is 0 Å². The summed E-state index contributed by atoms with van der Waals surface area (Å²) in [4.78, 5) is 70.7. The summed E-state index contributed by atoms with van der Waals surface area (Å²) in [7, 11) is 2.77. The summed E-state index contributed by atoms with van der Waals surface area (Å²) in [5.41, 5.74) is -1.76. The van der Waals surface area contributed by atoms with Gasteiger partial charge in [-0.1, -0.05) is 0 Å². The average molecular weight is 598 g/mol. The number of amides is 1. The number of Topliss-reactive ketones (excluding diaryl/α,β-unsaturated/α-hetero) is 1. The molecule has 1 aliphatic heterocycles. The van der Waals surface area contributed by atoms with Gasteiger partial charge in [-0.2, -0.15) is 0 Å². The number of rotatable bonds is 9. The number of aromatic nitrogens is 7. The molecule has 0 spiro atoms. The van der Waals surface area contributed by atoms with E-state index in [1.807, 2.05) is 4.90 Å². The zero-order valence-electron chi connectivity index (χ0n) is 23.3. The van der Waals surface area contributed by atoms with Crippen molar-refractivity contribution < 1.29 is 18.7 Å². The maximum absolute atomic E-state index is 14.2. The van der Waals surface area contributed by atoms with E-state index in [9.17, 15) is 23.6 Å². The van der Waals surface area contributed by atoms with E-state index in [0.29, 0.717) is 35.4 Å². The SMILES string of the molecule is COCC(=O)Cn1c(=O)c2c(ncn2[C@@H](C)C(=O)Nc2csc(-c3cnc(N4CC5C(C4)C5(C)F)nc3)n2)n(C)c1=O. The fourth-order valence-electron chi connectivity index (χ4n) is 5.50. The Morgan fingerprint density at radius 1 is 1.21 bits per heavy atom. The van der Waals surface area contributed by atoms with Gasteiger partial charge in [0, 0.05) is 62.4 Å². The van der Waals surface area contributed by atoms with Gasteiger partial charge in [-0.05, 0) is 13.8 Å². The molecule has 4 aromatic heterocycles. The first kappa shape index (κ1) is 27.8. The topological polar surface area (TPSA) is 159 Å². The molecule has 0 bridgehead atoms. The number of halogens is 1. The monoisotopic (exact) mass is 597 g/mol. The number of hydrogen-bond acceptors (Lipinski definition) is 11. The number of ether oxygens (including phenoxy) is 1. The van der Waals surface area contributed by atoms with Crippen molar-refractivity contribution in [3.05, 3.63) is 44.9 Å². The highest BCUT2D eigenvalue weighted by Crippen LogP contribution is 2.58. The number of nitrogens with zero attached hydrogens (tertiary/aromatic N) is 8. The van der Waals surface area contributed by atoms with Gasteiger partial charge in [-0.15, -0.1) is 11.3 Å². The number of alkyl halides is 1. The van der Waals surface area contributed by atoms with Gasteiger partial charge in [0.05, 0.1) is 12.9 Å². The van der Waals surface area contributed by atoms with Gasteiger partial charge in [0.15, 0.2) is 16.9 Å². The second-order valence-corrected chi connectivity index (χ2v) is 11.6. The molecule has 2 aliphatic rings. The first-order valence-electron chi connectivity index (χ1n) is 13.2. The van der Waals surface area contributed by atoms with Gasteiger partial charge in [0.25, 0.3) is 5.56 Å². The molecule has 1 amide bonds. The highest BCUT2D eigenvalue weighted by molar-refractivity contribution is 7.13. The minimum absolute atomic E-state index is 0.00705. The van der Waals surface area contributed by atoms with E-state index in [2.05, 4.69) is 25.3 Å². The number of fused-ring (bicyclic) bond motifs is 2. The fraction of sp³-hybridized carbons (Fsp3) is 0.462. The van der Waals surface area contributed by atoms with E-state index in [-0.39, 0.29) is 29.6 Å². The molecule has 1 saturated carbocycles. The van der Waals surface area contributed by atoms with Crippen molar-refractivity contribution in [3.63, 3.8) is 0 Å². The van der Waals surface area contributed by atoms with Crippen LogP contribution in [0, 0.1) is 11.8 Å². The summed E-state index contributed by atoms with van der Waals surface area (Å²) in [6, 6.07) is -0.908. The number of piperidine rings is 1. The Bertz CT molecular complexity index is 1810. The van der Waals surface area contributed by atoms with Gasteiger partial charge in [0.1, 0.15) is 29.1 Å². The lowest BCUT2D eigenvalue weighted by atomic mass is 10.2. The van der Waals surface area contributed by atoms with Crippen molar-refractivity contribution in [2.45, 2.75) is 32.1 Å². The Morgan fingerprint density at radius 3 is 2.57 bits per heavy atom. The molecule has 3 atom stereocenters. The molecular formula is C26H28FN9O5S. The molecule has 1 saturated heterocycles. The summed E-state index contributed by atoms with van der Waals surface area (Å²) in [6.45, 7) is 3.71. The molecule has 2 fully saturated rings. The summed E-state index contributed by atoms with van der Waals surface area (Å²) in [6.07, 6.45) is 4.61. The van der Waals surface area contributed by atoms with Crippen molar-refractivity contribution in [2.24, 2.45) is 18.9 Å². The molecule has 220 valence electrons. The molecule has 2 unspecified atom stereocenters. The number of thiazole rings is 1. The number of hydrogen-bond donors (Lipinski definition) is 1. The minimum atomic E-state index is -1.08. The fourth-order valence-corrected chi connectivity index (χ4v) is 6.23. The van der Waals surface area contributed by atoms with E-state index in [1.165, 1.54) is 36.4 Å². The van der Waals surface area contributed by atoms with Gasteiger partial charge in [0.2, 0.25) is 11.9 Å². The quantitative estimate of drug-likeness (QED) is 0.295. The van der Waals surface area contributed by atoms with Crippen LogP contribution in [0.5, 0.6) is 0 Å². The second-order valence-electron chi connectivity index (χ2n) is 10.8. The van der Waals surface area contributed by atoms with E-state index >= 15 is 0 Å². The smallest absolute Gasteiger partial charge is 0.332 e. The second kappa shape index (κ2) is 10.2. The Balaban J connectivity index is 1.17. The van der Waals surface area contributed by atoms with E-state index in [0.717, 1.165) is 9.13 Å². The number of anilines is 2. The normalized spacial score (nSPS) is 21.9. The Labute approximate surface area is 241 Å². The first-order valence-corrected chi connectivity index (χ1v) is 14.1. The third-order valence-electron chi connectivity index (χ3n) is 8.08. The van der Waals surface area contributed by atoms with Crippen LogP contribution in [0.2, 0.25) is 0 Å². The Morgan fingerprint density at radius 2 is 1.90 bits per heavy atom. The average Bonchev–Trinajstić information content (AvgIpc) is 3.55. The maximum atomic E-state index is 14.2. The molecule has 5 heterocycles. The lowest BCUT2D eigenvalue weighted by Gasteiger charge is -2.20. The van der Waals surface area contributed by atoms with Crippen LogP contribution in [0.3, 0.4) is 0 Å². The van der Waals surface area contributed by atoms with Gasteiger partial charge < -0.3 is 19.5 Å².